The number of carboxylic acids is 1. The predicted molar refractivity (Wildman–Crippen MR) is 44.4 cm³/mol. The molecule has 5 heteroatoms. The molecular weight excluding hydrogens is 176 g/mol. The number of carbonyl (C=O) groups is 1. The summed E-state index contributed by atoms with van der Waals surface area (Å²) < 4.78 is 0.630. The van der Waals surface area contributed by atoms with Crippen LogP contribution in [0, 0.1) is 0 Å². The van der Waals surface area contributed by atoms with Gasteiger partial charge in [0.05, 0.1) is 15.8 Å². The number of hydrogen-bond donors (Lipinski definition) is 1. The third-order valence-corrected chi connectivity index (χ3v) is 2.31. The lowest BCUT2D eigenvalue weighted by atomic mass is 10.3. The normalized spacial score (nSPS) is 10.3. The second kappa shape index (κ2) is 2.53. The van der Waals surface area contributed by atoms with Crippen molar-refractivity contribution in [2.24, 2.45) is 0 Å². The van der Waals surface area contributed by atoms with Gasteiger partial charge in [0, 0.05) is 6.20 Å². The fourth-order valence-electron chi connectivity index (χ4n) is 0.943. The van der Waals surface area contributed by atoms with Crippen molar-refractivity contribution >= 4 is 27.7 Å². The number of pyridine rings is 1. The molecule has 0 spiro atoms. The van der Waals surface area contributed by atoms with Gasteiger partial charge in [-0.05, 0) is 6.07 Å². The van der Waals surface area contributed by atoms with Crippen molar-refractivity contribution in [1.29, 1.82) is 0 Å². The summed E-state index contributed by atoms with van der Waals surface area (Å²) in [7, 11) is 0. The van der Waals surface area contributed by atoms with Crippen LogP contribution in [0.15, 0.2) is 17.8 Å². The van der Waals surface area contributed by atoms with E-state index in [-0.39, 0.29) is 5.56 Å². The van der Waals surface area contributed by atoms with Crippen LogP contribution in [0.5, 0.6) is 0 Å². The van der Waals surface area contributed by atoms with E-state index in [0.29, 0.717) is 10.3 Å². The molecule has 2 aromatic rings. The fraction of sp³-hybridized carbons (Fsp3) is 0. The molecule has 2 heterocycles. The van der Waals surface area contributed by atoms with Crippen molar-refractivity contribution in [2.75, 3.05) is 0 Å². The van der Waals surface area contributed by atoms with Crippen molar-refractivity contribution in [3.8, 4) is 0 Å². The van der Waals surface area contributed by atoms with Crippen molar-refractivity contribution < 1.29 is 9.90 Å². The Morgan fingerprint density at radius 2 is 2.33 bits per heavy atom. The highest BCUT2D eigenvalue weighted by atomic mass is 32.1. The Balaban J connectivity index is 2.82. The zero-order chi connectivity index (χ0) is 8.55. The van der Waals surface area contributed by atoms with Crippen LogP contribution in [0.25, 0.3) is 10.3 Å². The van der Waals surface area contributed by atoms with Crippen LogP contribution in [0.2, 0.25) is 0 Å². The Labute approximate surface area is 71.5 Å². The second-order valence-corrected chi connectivity index (χ2v) is 3.02. The van der Waals surface area contributed by atoms with Crippen LogP contribution in [-0.2, 0) is 0 Å². The molecule has 0 amide bonds. The molecule has 0 aliphatic heterocycles. The number of aromatic nitrogens is 2. The number of hydrogen-bond acceptors (Lipinski definition) is 4. The summed E-state index contributed by atoms with van der Waals surface area (Å²) in [6.45, 7) is 0. The monoisotopic (exact) mass is 180 g/mol. The Morgan fingerprint density at radius 1 is 1.50 bits per heavy atom. The maximum Gasteiger partial charge on any atom is 0.337 e. The van der Waals surface area contributed by atoms with Crippen molar-refractivity contribution in [3.63, 3.8) is 0 Å². The first kappa shape index (κ1) is 7.17. The van der Waals surface area contributed by atoms with Gasteiger partial charge in [-0.3, -0.25) is 0 Å². The summed E-state index contributed by atoms with van der Waals surface area (Å²) >= 11 is 1.29. The minimum atomic E-state index is -0.938. The molecule has 0 bridgehead atoms. The molecule has 0 atom stereocenters. The van der Waals surface area contributed by atoms with Crippen LogP contribution in [0.3, 0.4) is 0 Å². The standard InChI is InChI=1S/C7H4N2O2S/c10-7(11)4-1-2-8-6-5(4)12-3-9-6/h1-3H,(H,10,11). The fourth-order valence-corrected chi connectivity index (χ4v) is 1.69. The molecule has 0 saturated carbocycles. The molecule has 0 aliphatic carbocycles. The van der Waals surface area contributed by atoms with Gasteiger partial charge in [0.15, 0.2) is 5.65 Å². The Kier molecular flexibility index (Phi) is 1.51. The first-order chi connectivity index (χ1) is 5.79. The SMILES string of the molecule is O=C(O)c1ccnc2ncsc12. The smallest absolute Gasteiger partial charge is 0.337 e. The minimum absolute atomic E-state index is 0.266. The number of rotatable bonds is 1. The van der Waals surface area contributed by atoms with Crippen LogP contribution < -0.4 is 0 Å². The molecule has 1 N–H and O–H groups in total. The molecule has 4 nitrogen and oxygen atoms in total. The quantitative estimate of drug-likeness (QED) is 0.720. The second-order valence-electron chi connectivity index (χ2n) is 2.17. The third kappa shape index (κ3) is 0.947. The van der Waals surface area contributed by atoms with E-state index in [1.807, 2.05) is 0 Å². The topological polar surface area (TPSA) is 63.1 Å². The minimum Gasteiger partial charge on any atom is -0.478 e. The Hall–Kier alpha value is -1.49. The molecule has 0 saturated heterocycles. The van der Waals surface area contributed by atoms with E-state index in [1.165, 1.54) is 23.6 Å². The highest BCUT2D eigenvalue weighted by molar-refractivity contribution is 7.17. The molecule has 12 heavy (non-hydrogen) atoms. The van der Waals surface area contributed by atoms with Gasteiger partial charge < -0.3 is 5.11 Å². The maximum atomic E-state index is 10.7. The van der Waals surface area contributed by atoms with E-state index in [4.69, 9.17) is 5.11 Å². The summed E-state index contributed by atoms with van der Waals surface area (Å²) in [5, 5.41) is 8.75. The summed E-state index contributed by atoms with van der Waals surface area (Å²) in [4.78, 5) is 18.5. The van der Waals surface area contributed by atoms with Gasteiger partial charge in [-0.1, -0.05) is 0 Å². The summed E-state index contributed by atoms with van der Waals surface area (Å²) in [5.74, 6) is -0.938. The average Bonchev–Trinajstić information content (AvgIpc) is 2.49. The summed E-state index contributed by atoms with van der Waals surface area (Å²) in [6.07, 6.45) is 1.45. The Bertz CT molecular complexity index is 438. The highest BCUT2D eigenvalue weighted by Crippen LogP contribution is 2.19. The number of aromatic carboxylic acids is 1. The molecule has 0 radical (unpaired) electrons. The number of nitrogens with zero attached hydrogens (tertiary/aromatic N) is 2. The van der Waals surface area contributed by atoms with E-state index in [1.54, 1.807) is 5.51 Å². The van der Waals surface area contributed by atoms with Crippen molar-refractivity contribution in [2.45, 2.75) is 0 Å². The third-order valence-electron chi connectivity index (χ3n) is 1.46. The van der Waals surface area contributed by atoms with Crippen LogP contribution in [0.1, 0.15) is 10.4 Å². The van der Waals surface area contributed by atoms with Crippen molar-refractivity contribution in [1.82, 2.24) is 9.97 Å². The maximum absolute atomic E-state index is 10.7. The number of carboxylic acid groups (broad SMARTS) is 1. The lowest BCUT2D eigenvalue weighted by Gasteiger charge is -1.92. The van der Waals surface area contributed by atoms with E-state index in [0.717, 1.165) is 0 Å². The molecule has 0 fully saturated rings. The summed E-state index contributed by atoms with van der Waals surface area (Å²) in [6, 6.07) is 1.48. The molecule has 0 unspecified atom stereocenters. The van der Waals surface area contributed by atoms with E-state index >= 15 is 0 Å². The molecule has 2 rings (SSSR count). The van der Waals surface area contributed by atoms with Crippen molar-refractivity contribution in [3.05, 3.63) is 23.3 Å². The number of fused-ring (bicyclic) bond motifs is 1. The van der Waals surface area contributed by atoms with E-state index in [9.17, 15) is 4.79 Å². The molecule has 0 aromatic carbocycles. The van der Waals surface area contributed by atoms with E-state index in [2.05, 4.69) is 9.97 Å². The number of thiazole rings is 1. The van der Waals surface area contributed by atoms with Gasteiger partial charge in [0.2, 0.25) is 0 Å². The first-order valence-electron chi connectivity index (χ1n) is 3.20. The predicted octanol–water partition coefficient (Wildman–Crippen LogP) is 1.39. The molecule has 2 aromatic heterocycles. The van der Waals surface area contributed by atoms with Gasteiger partial charge in [-0.15, -0.1) is 11.3 Å². The van der Waals surface area contributed by atoms with E-state index < -0.39 is 5.97 Å². The molecule has 60 valence electrons. The highest BCUT2D eigenvalue weighted by Gasteiger charge is 2.09. The van der Waals surface area contributed by atoms with Gasteiger partial charge in [-0.25, -0.2) is 14.8 Å². The van der Waals surface area contributed by atoms with Crippen LogP contribution in [0.4, 0.5) is 0 Å². The zero-order valence-corrected chi connectivity index (χ0v) is 6.71. The zero-order valence-electron chi connectivity index (χ0n) is 5.89. The molecular formula is C7H4N2O2S. The Morgan fingerprint density at radius 3 is 3.08 bits per heavy atom. The van der Waals surface area contributed by atoms with Crippen LogP contribution >= 0.6 is 11.3 Å². The van der Waals surface area contributed by atoms with Gasteiger partial charge >= 0.3 is 5.97 Å². The van der Waals surface area contributed by atoms with Gasteiger partial charge in [0.25, 0.3) is 0 Å². The largest absolute Gasteiger partial charge is 0.478 e. The summed E-state index contributed by atoms with van der Waals surface area (Å²) in [5.41, 5.74) is 2.35. The van der Waals surface area contributed by atoms with Gasteiger partial charge in [0.1, 0.15) is 0 Å². The average molecular weight is 180 g/mol. The van der Waals surface area contributed by atoms with Crippen LogP contribution in [-0.4, -0.2) is 21.0 Å². The molecule has 0 aliphatic rings. The lowest BCUT2D eigenvalue weighted by Crippen LogP contribution is -1.96. The lowest BCUT2D eigenvalue weighted by molar-refractivity contribution is 0.0699. The van der Waals surface area contributed by atoms with Gasteiger partial charge in [-0.2, -0.15) is 0 Å². The first-order valence-corrected chi connectivity index (χ1v) is 4.08.